The maximum absolute atomic E-state index is 14.0. The summed E-state index contributed by atoms with van der Waals surface area (Å²) in [5.74, 6) is -1.70. The van der Waals surface area contributed by atoms with Gasteiger partial charge in [-0.1, -0.05) is 0 Å². The average molecular weight is 284 g/mol. The number of carbonyl (C=O) groups is 1. The molecule has 1 aliphatic rings. The number of hydrogen-bond donors (Lipinski definition) is 1. The molecule has 1 unspecified atom stereocenters. The zero-order valence-electron chi connectivity index (χ0n) is 11.4. The maximum atomic E-state index is 14.0. The van der Waals surface area contributed by atoms with Crippen LogP contribution in [0.3, 0.4) is 0 Å². The fourth-order valence-corrected chi connectivity index (χ4v) is 2.36. The summed E-state index contributed by atoms with van der Waals surface area (Å²) in [5.41, 5.74) is 0.0327. The number of benzene rings is 1. The molecule has 1 fully saturated rings. The van der Waals surface area contributed by atoms with E-state index in [1.165, 1.54) is 0 Å². The lowest BCUT2D eigenvalue weighted by molar-refractivity contribution is -0.150. The first-order valence-corrected chi connectivity index (χ1v) is 6.70. The highest BCUT2D eigenvalue weighted by Gasteiger charge is 2.32. The molecule has 110 valence electrons. The Hall–Kier alpha value is -1.53. The summed E-state index contributed by atoms with van der Waals surface area (Å²) in [6, 6.07) is 2.25. The number of ether oxygens (including phenoxy) is 1. The third-order valence-electron chi connectivity index (χ3n) is 3.28. The molecule has 1 aliphatic heterocycles. The van der Waals surface area contributed by atoms with Crippen LogP contribution in [0.25, 0.3) is 0 Å². The van der Waals surface area contributed by atoms with E-state index in [0.29, 0.717) is 26.2 Å². The molecule has 1 heterocycles. The van der Waals surface area contributed by atoms with Crippen molar-refractivity contribution >= 4 is 5.97 Å². The largest absolute Gasteiger partial charge is 0.465 e. The van der Waals surface area contributed by atoms with Crippen molar-refractivity contribution in [2.45, 2.75) is 13.0 Å². The van der Waals surface area contributed by atoms with Crippen LogP contribution in [0, 0.1) is 11.6 Å². The van der Waals surface area contributed by atoms with Gasteiger partial charge in [-0.2, -0.15) is 0 Å². The van der Waals surface area contributed by atoms with Crippen molar-refractivity contribution in [3.63, 3.8) is 0 Å². The SMILES string of the molecule is CCOC(=O)C(c1cc(F)ccc1F)N1CCNCC1. The van der Waals surface area contributed by atoms with Crippen LogP contribution in [0.15, 0.2) is 18.2 Å². The molecule has 1 aromatic carbocycles. The van der Waals surface area contributed by atoms with E-state index in [-0.39, 0.29) is 12.2 Å². The molecule has 6 heteroatoms. The summed E-state index contributed by atoms with van der Waals surface area (Å²) in [5, 5.41) is 3.16. The smallest absolute Gasteiger partial charge is 0.328 e. The van der Waals surface area contributed by atoms with Crippen molar-refractivity contribution in [2.24, 2.45) is 0 Å². The van der Waals surface area contributed by atoms with E-state index < -0.39 is 23.6 Å². The molecule has 0 radical (unpaired) electrons. The van der Waals surface area contributed by atoms with E-state index in [1.54, 1.807) is 6.92 Å². The quantitative estimate of drug-likeness (QED) is 0.850. The van der Waals surface area contributed by atoms with Crippen LogP contribution in [0.5, 0.6) is 0 Å². The Morgan fingerprint density at radius 3 is 2.75 bits per heavy atom. The zero-order chi connectivity index (χ0) is 14.5. The molecule has 2 rings (SSSR count). The van der Waals surface area contributed by atoms with Crippen LogP contribution in [0.4, 0.5) is 8.78 Å². The maximum Gasteiger partial charge on any atom is 0.328 e. The summed E-state index contributed by atoms with van der Waals surface area (Å²) >= 11 is 0. The standard InChI is InChI=1S/C14H18F2N2O2/c1-2-20-14(19)13(18-7-5-17-6-8-18)11-9-10(15)3-4-12(11)16/h3-4,9,13,17H,2,5-8H2,1H3. The normalized spacial score (nSPS) is 17.8. The summed E-state index contributed by atoms with van der Waals surface area (Å²) in [4.78, 5) is 13.9. The average Bonchev–Trinajstić information content (AvgIpc) is 2.44. The Bertz CT molecular complexity index is 476. The van der Waals surface area contributed by atoms with Gasteiger partial charge in [0.15, 0.2) is 0 Å². The Labute approximate surface area is 116 Å². The van der Waals surface area contributed by atoms with Gasteiger partial charge >= 0.3 is 5.97 Å². The highest BCUT2D eigenvalue weighted by Crippen LogP contribution is 2.26. The van der Waals surface area contributed by atoms with Gasteiger partial charge in [0.25, 0.3) is 0 Å². The van der Waals surface area contributed by atoms with Crippen LogP contribution >= 0.6 is 0 Å². The molecule has 0 amide bonds. The highest BCUT2D eigenvalue weighted by molar-refractivity contribution is 5.77. The van der Waals surface area contributed by atoms with Gasteiger partial charge in [0.2, 0.25) is 0 Å². The fraction of sp³-hybridized carbons (Fsp3) is 0.500. The molecule has 0 aliphatic carbocycles. The Kier molecular flexibility index (Phi) is 5.03. The van der Waals surface area contributed by atoms with Crippen molar-refractivity contribution < 1.29 is 18.3 Å². The molecule has 4 nitrogen and oxygen atoms in total. The predicted octanol–water partition coefficient (Wildman–Crippen LogP) is 1.47. The lowest BCUT2D eigenvalue weighted by Crippen LogP contribution is -2.47. The lowest BCUT2D eigenvalue weighted by Gasteiger charge is -2.33. The van der Waals surface area contributed by atoms with E-state index in [4.69, 9.17) is 4.74 Å². The van der Waals surface area contributed by atoms with E-state index in [9.17, 15) is 13.6 Å². The van der Waals surface area contributed by atoms with Crippen molar-refractivity contribution in [1.29, 1.82) is 0 Å². The van der Waals surface area contributed by atoms with Crippen LogP contribution in [-0.4, -0.2) is 43.7 Å². The van der Waals surface area contributed by atoms with Crippen LogP contribution < -0.4 is 5.32 Å². The molecule has 0 spiro atoms. The molecule has 20 heavy (non-hydrogen) atoms. The second-order valence-electron chi connectivity index (χ2n) is 4.61. The topological polar surface area (TPSA) is 41.6 Å². The number of hydrogen-bond acceptors (Lipinski definition) is 4. The van der Waals surface area contributed by atoms with Gasteiger partial charge in [-0.15, -0.1) is 0 Å². The van der Waals surface area contributed by atoms with E-state index >= 15 is 0 Å². The first kappa shape index (κ1) is 14.9. The third-order valence-corrected chi connectivity index (χ3v) is 3.28. The van der Waals surface area contributed by atoms with Crippen LogP contribution in [-0.2, 0) is 9.53 Å². The van der Waals surface area contributed by atoms with Gasteiger partial charge in [-0.3, -0.25) is 4.90 Å². The van der Waals surface area contributed by atoms with Gasteiger partial charge in [0, 0.05) is 31.7 Å². The Morgan fingerprint density at radius 1 is 1.40 bits per heavy atom. The zero-order valence-corrected chi connectivity index (χ0v) is 11.4. The second-order valence-corrected chi connectivity index (χ2v) is 4.61. The molecule has 0 aromatic heterocycles. The first-order chi connectivity index (χ1) is 9.63. The summed E-state index contributed by atoms with van der Waals surface area (Å²) in [7, 11) is 0. The second kappa shape index (κ2) is 6.76. The number of esters is 1. The van der Waals surface area contributed by atoms with Crippen molar-refractivity contribution in [1.82, 2.24) is 10.2 Å². The van der Waals surface area contributed by atoms with Crippen molar-refractivity contribution in [2.75, 3.05) is 32.8 Å². The van der Waals surface area contributed by atoms with Crippen LogP contribution in [0.2, 0.25) is 0 Å². The lowest BCUT2D eigenvalue weighted by atomic mass is 10.0. The van der Waals surface area contributed by atoms with Gasteiger partial charge in [0.05, 0.1) is 6.61 Å². The summed E-state index contributed by atoms with van der Waals surface area (Å²) < 4.78 is 32.3. The Balaban J connectivity index is 2.34. The van der Waals surface area contributed by atoms with E-state index in [1.807, 2.05) is 4.90 Å². The van der Waals surface area contributed by atoms with Crippen molar-refractivity contribution in [3.05, 3.63) is 35.4 Å². The minimum Gasteiger partial charge on any atom is -0.465 e. The number of carbonyl (C=O) groups excluding carboxylic acids is 1. The predicted molar refractivity (Wildman–Crippen MR) is 70.2 cm³/mol. The van der Waals surface area contributed by atoms with E-state index in [2.05, 4.69) is 5.32 Å². The molecule has 1 atom stereocenters. The number of nitrogens with zero attached hydrogens (tertiary/aromatic N) is 1. The molecule has 1 saturated heterocycles. The third kappa shape index (κ3) is 3.32. The Morgan fingerprint density at radius 2 is 2.10 bits per heavy atom. The molecular weight excluding hydrogens is 266 g/mol. The molecule has 0 saturated carbocycles. The van der Waals surface area contributed by atoms with Gasteiger partial charge in [0.1, 0.15) is 17.7 Å². The number of halogens is 2. The minimum atomic E-state index is -0.896. The van der Waals surface area contributed by atoms with Crippen LogP contribution in [0.1, 0.15) is 18.5 Å². The summed E-state index contributed by atoms with van der Waals surface area (Å²) in [6.45, 7) is 4.46. The van der Waals surface area contributed by atoms with Gasteiger partial charge < -0.3 is 10.1 Å². The van der Waals surface area contributed by atoms with Gasteiger partial charge in [-0.05, 0) is 25.1 Å². The molecule has 1 aromatic rings. The monoisotopic (exact) mass is 284 g/mol. The van der Waals surface area contributed by atoms with Gasteiger partial charge in [-0.25, -0.2) is 13.6 Å². The van der Waals surface area contributed by atoms with E-state index in [0.717, 1.165) is 18.2 Å². The minimum absolute atomic E-state index is 0.0327. The first-order valence-electron chi connectivity index (χ1n) is 6.70. The highest BCUT2D eigenvalue weighted by atomic mass is 19.1. The molecule has 0 bridgehead atoms. The number of rotatable bonds is 4. The number of piperazine rings is 1. The summed E-state index contributed by atoms with van der Waals surface area (Å²) in [6.07, 6.45) is 0. The molecular formula is C14H18F2N2O2. The molecule has 1 N–H and O–H groups in total. The van der Waals surface area contributed by atoms with Crippen molar-refractivity contribution in [3.8, 4) is 0 Å². The fourth-order valence-electron chi connectivity index (χ4n) is 2.36. The number of nitrogens with one attached hydrogen (secondary N) is 1.